The van der Waals surface area contributed by atoms with E-state index in [1.54, 1.807) is 4.90 Å². The summed E-state index contributed by atoms with van der Waals surface area (Å²) in [7, 11) is 0. The van der Waals surface area contributed by atoms with Gasteiger partial charge in [-0.1, -0.05) is 0 Å². The van der Waals surface area contributed by atoms with Gasteiger partial charge in [0, 0.05) is 26.2 Å². The van der Waals surface area contributed by atoms with Crippen molar-refractivity contribution in [3.8, 4) is 0 Å². The normalized spacial score (nSPS) is 27.3. The van der Waals surface area contributed by atoms with Crippen molar-refractivity contribution >= 4 is 17.8 Å². The molecule has 0 aromatic carbocycles. The van der Waals surface area contributed by atoms with E-state index < -0.39 is 18.2 Å². The van der Waals surface area contributed by atoms with Crippen LogP contribution in [0.5, 0.6) is 0 Å². The van der Waals surface area contributed by atoms with Gasteiger partial charge in [-0.25, -0.2) is 4.79 Å². The van der Waals surface area contributed by atoms with Crippen LogP contribution < -0.4 is 5.73 Å². The van der Waals surface area contributed by atoms with Crippen LogP contribution in [0.25, 0.3) is 0 Å². The molecule has 0 aromatic heterocycles. The average Bonchev–Trinajstić information content (AvgIpc) is 2.80. The Morgan fingerprint density at radius 3 is 2.43 bits per heavy atom. The molecule has 2 rings (SSSR count). The first-order chi connectivity index (χ1) is 9.97. The third-order valence-corrected chi connectivity index (χ3v) is 3.85. The van der Waals surface area contributed by atoms with Crippen molar-refractivity contribution in [2.45, 2.75) is 31.5 Å². The van der Waals surface area contributed by atoms with Crippen molar-refractivity contribution < 1.29 is 24.2 Å². The lowest BCUT2D eigenvalue weighted by atomic mass is 10.2. The molecule has 2 fully saturated rings. The number of carboxylic acids is 1. The van der Waals surface area contributed by atoms with Gasteiger partial charge < -0.3 is 20.5 Å². The van der Waals surface area contributed by atoms with E-state index in [-0.39, 0.29) is 18.4 Å². The number of aliphatic carboxylic acids is 1. The van der Waals surface area contributed by atoms with Gasteiger partial charge in [-0.15, -0.1) is 0 Å². The standard InChI is InChI=1S/C13H21N3O5/c14-11(17)8-15-4-1-5-16(7-6-15)12(18)9-2-3-10(21-9)13(19)20/h9-10H,1-8H2,(H2,14,17)(H,19,20). The molecule has 21 heavy (non-hydrogen) atoms. The predicted octanol–water partition coefficient (Wildman–Crippen LogP) is -1.36. The second-order valence-corrected chi connectivity index (χ2v) is 5.45. The molecule has 2 amide bonds. The Kier molecular flexibility index (Phi) is 5.13. The second-order valence-electron chi connectivity index (χ2n) is 5.45. The summed E-state index contributed by atoms with van der Waals surface area (Å²) in [4.78, 5) is 37.7. The highest BCUT2D eigenvalue weighted by atomic mass is 16.5. The van der Waals surface area contributed by atoms with Gasteiger partial charge in [0.25, 0.3) is 5.91 Å². The maximum atomic E-state index is 12.3. The molecule has 3 N–H and O–H groups in total. The zero-order chi connectivity index (χ0) is 15.4. The van der Waals surface area contributed by atoms with E-state index >= 15 is 0 Å². The van der Waals surface area contributed by atoms with Crippen molar-refractivity contribution in [3.05, 3.63) is 0 Å². The van der Waals surface area contributed by atoms with Gasteiger partial charge in [-0.05, 0) is 19.3 Å². The van der Waals surface area contributed by atoms with E-state index in [1.165, 1.54) is 0 Å². The summed E-state index contributed by atoms with van der Waals surface area (Å²) >= 11 is 0. The minimum Gasteiger partial charge on any atom is -0.479 e. The van der Waals surface area contributed by atoms with E-state index in [2.05, 4.69) is 0 Å². The molecule has 0 aliphatic carbocycles. The molecule has 2 heterocycles. The number of ether oxygens (including phenoxy) is 1. The number of nitrogens with two attached hydrogens (primary N) is 1. The molecule has 2 aliphatic heterocycles. The van der Waals surface area contributed by atoms with Crippen LogP contribution in [-0.2, 0) is 19.1 Å². The molecule has 8 heteroatoms. The van der Waals surface area contributed by atoms with Crippen molar-refractivity contribution in [1.29, 1.82) is 0 Å². The molecular formula is C13H21N3O5. The van der Waals surface area contributed by atoms with Gasteiger partial charge in [0.15, 0.2) is 6.10 Å². The molecule has 0 aromatic rings. The van der Waals surface area contributed by atoms with Crippen LogP contribution >= 0.6 is 0 Å². The zero-order valence-corrected chi connectivity index (χ0v) is 11.9. The van der Waals surface area contributed by atoms with E-state index in [1.807, 2.05) is 4.90 Å². The molecule has 118 valence electrons. The number of hydrogen-bond acceptors (Lipinski definition) is 5. The monoisotopic (exact) mass is 299 g/mol. The van der Waals surface area contributed by atoms with Crippen molar-refractivity contribution in [2.75, 3.05) is 32.7 Å². The second kappa shape index (κ2) is 6.86. The van der Waals surface area contributed by atoms with Crippen LogP contribution in [0.4, 0.5) is 0 Å². The molecule has 2 atom stereocenters. The van der Waals surface area contributed by atoms with Crippen LogP contribution in [0.1, 0.15) is 19.3 Å². The third kappa shape index (κ3) is 4.15. The quantitative estimate of drug-likeness (QED) is 0.663. The first-order valence-corrected chi connectivity index (χ1v) is 7.15. The molecule has 0 bridgehead atoms. The van der Waals surface area contributed by atoms with Gasteiger partial charge in [0.2, 0.25) is 5.91 Å². The van der Waals surface area contributed by atoms with Gasteiger partial charge in [0.1, 0.15) is 6.10 Å². The molecule has 0 spiro atoms. The van der Waals surface area contributed by atoms with E-state index in [0.717, 1.165) is 13.0 Å². The summed E-state index contributed by atoms with van der Waals surface area (Å²) in [5.74, 6) is -1.55. The predicted molar refractivity (Wildman–Crippen MR) is 72.4 cm³/mol. The van der Waals surface area contributed by atoms with Gasteiger partial charge in [-0.2, -0.15) is 0 Å². The van der Waals surface area contributed by atoms with Crippen molar-refractivity contribution in [3.63, 3.8) is 0 Å². The summed E-state index contributed by atoms with van der Waals surface area (Å²) in [5, 5.41) is 8.89. The minimum atomic E-state index is -1.02. The molecule has 0 saturated carbocycles. The Labute approximate surface area is 122 Å². The Morgan fingerprint density at radius 2 is 1.81 bits per heavy atom. The molecule has 2 unspecified atom stereocenters. The highest BCUT2D eigenvalue weighted by Gasteiger charge is 2.37. The van der Waals surface area contributed by atoms with Gasteiger partial charge in [-0.3, -0.25) is 14.5 Å². The number of carboxylic acid groups (broad SMARTS) is 1. The fourth-order valence-electron chi connectivity index (χ4n) is 2.77. The SMILES string of the molecule is NC(=O)CN1CCCN(C(=O)C2CCC(C(=O)O)O2)CC1. The first kappa shape index (κ1) is 15.7. The molecule has 2 aliphatic rings. The van der Waals surface area contributed by atoms with Crippen LogP contribution in [0.3, 0.4) is 0 Å². The number of carbonyl (C=O) groups is 3. The van der Waals surface area contributed by atoms with Crippen LogP contribution in [0.15, 0.2) is 0 Å². The van der Waals surface area contributed by atoms with Gasteiger partial charge in [0.05, 0.1) is 6.54 Å². The fraction of sp³-hybridized carbons (Fsp3) is 0.769. The third-order valence-electron chi connectivity index (χ3n) is 3.85. The summed E-state index contributed by atoms with van der Waals surface area (Å²) in [6.45, 7) is 2.60. The lowest BCUT2D eigenvalue weighted by molar-refractivity contribution is -0.154. The smallest absolute Gasteiger partial charge is 0.332 e. The lowest BCUT2D eigenvalue weighted by Crippen LogP contribution is -2.42. The van der Waals surface area contributed by atoms with Crippen LogP contribution in [0, 0.1) is 0 Å². The minimum absolute atomic E-state index is 0.153. The van der Waals surface area contributed by atoms with Crippen LogP contribution in [-0.4, -0.2) is 77.6 Å². The Morgan fingerprint density at radius 1 is 1.10 bits per heavy atom. The largest absolute Gasteiger partial charge is 0.479 e. The molecule has 8 nitrogen and oxygen atoms in total. The summed E-state index contributed by atoms with van der Waals surface area (Å²) < 4.78 is 5.29. The van der Waals surface area contributed by atoms with E-state index in [0.29, 0.717) is 32.5 Å². The topological polar surface area (TPSA) is 113 Å². The first-order valence-electron chi connectivity index (χ1n) is 7.15. The Balaban J connectivity index is 1.86. The number of nitrogens with zero attached hydrogens (tertiary/aromatic N) is 2. The van der Waals surface area contributed by atoms with Crippen molar-refractivity contribution in [1.82, 2.24) is 9.80 Å². The number of amides is 2. The van der Waals surface area contributed by atoms with Gasteiger partial charge >= 0.3 is 5.97 Å². The summed E-state index contributed by atoms with van der Waals surface area (Å²) in [6, 6.07) is 0. The number of hydrogen-bond donors (Lipinski definition) is 2. The highest BCUT2D eigenvalue weighted by Crippen LogP contribution is 2.22. The maximum absolute atomic E-state index is 12.3. The number of carbonyl (C=O) groups excluding carboxylic acids is 2. The maximum Gasteiger partial charge on any atom is 0.332 e. The summed E-state index contributed by atoms with van der Waals surface area (Å²) in [5.41, 5.74) is 5.18. The Hall–Kier alpha value is -1.67. The van der Waals surface area contributed by atoms with E-state index in [9.17, 15) is 14.4 Å². The van der Waals surface area contributed by atoms with Crippen molar-refractivity contribution in [2.24, 2.45) is 5.73 Å². The zero-order valence-electron chi connectivity index (χ0n) is 11.9. The summed E-state index contributed by atoms with van der Waals surface area (Å²) in [6.07, 6.45) is 0.0322. The lowest BCUT2D eigenvalue weighted by Gasteiger charge is -2.24. The highest BCUT2D eigenvalue weighted by molar-refractivity contribution is 5.82. The number of rotatable bonds is 4. The fourth-order valence-corrected chi connectivity index (χ4v) is 2.77. The van der Waals surface area contributed by atoms with E-state index in [4.69, 9.17) is 15.6 Å². The number of primary amides is 1. The van der Waals surface area contributed by atoms with Crippen LogP contribution in [0.2, 0.25) is 0 Å². The molecule has 0 radical (unpaired) electrons. The molecule has 2 saturated heterocycles. The average molecular weight is 299 g/mol. The Bertz CT molecular complexity index is 428. The molecular weight excluding hydrogens is 278 g/mol.